The highest BCUT2D eigenvalue weighted by Gasteiger charge is 2.12. The molecule has 0 radical (unpaired) electrons. The van der Waals surface area contributed by atoms with Crippen LogP contribution in [0.3, 0.4) is 0 Å². The van der Waals surface area contributed by atoms with Gasteiger partial charge < -0.3 is 24.3 Å². The van der Waals surface area contributed by atoms with E-state index in [0.717, 1.165) is 17.0 Å². The van der Waals surface area contributed by atoms with E-state index in [1.165, 1.54) is 27.4 Å². The zero-order valence-corrected chi connectivity index (χ0v) is 18.6. The molecule has 0 spiro atoms. The van der Waals surface area contributed by atoms with E-state index in [1.807, 2.05) is 19.9 Å². The molecule has 166 valence electrons. The van der Waals surface area contributed by atoms with Crippen LogP contribution in [-0.2, 0) is 4.79 Å². The smallest absolute Gasteiger partial charge is 0.322 e. The predicted molar refractivity (Wildman–Crippen MR) is 122 cm³/mol. The fourth-order valence-corrected chi connectivity index (χ4v) is 3.04. The van der Waals surface area contributed by atoms with E-state index in [2.05, 4.69) is 15.3 Å². The van der Waals surface area contributed by atoms with E-state index >= 15 is 0 Å². The highest BCUT2D eigenvalue weighted by molar-refractivity contribution is 6.02. The Morgan fingerprint density at radius 1 is 0.906 bits per heavy atom. The summed E-state index contributed by atoms with van der Waals surface area (Å²) in [5, 5.41) is 2.81. The van der Waals surface area contributed by atoms with Crippen LogP contribution in [0.4, 0.5) is 5.69 Å². The maximum Gasteiger partial charge on any atom is 0.322 e. The van der Waals surface area contributed by atoms with Gasteiger partial charge in [0.2, 0.25) is 11.7 Å². The number of ether oxygens (including phenoxy) is 4. The van der Waals surface area contributed by atoms with Crippen LogP contribution in [0, 0.1) is 13.8 Å². The van der Waals surface area contributed by atoms with Gasteiger partial charge in [0.25, 0.3) is 0 Å². The first-order chi connectivity index (χ1) is 15.4. The molecule has 0 atom stereocenters. The molecule has 0 aliphatic heterocycles. The van der Waals surface area contributed by atoms with Crippen molar-refractivity contribution in [2.75, 3.05) is 26.6 Å². The summed E-state index contributed by atoms with van der Waals surface area (Å²) in [5.41, 5.74) is 2.92. The van der Waals surface area contributed by atoms with Crippen molar-refractivity contribution < 1.29 is 23.7 Å². The van der Waals surface area contributed by atoms with Crippen LogP contribution in [0.2, 0.25) is 0 Å². The van der Waals surface area contributed by atoms with Gasteiger partial charge >= 0.3 is 6.01 Å². The molecule has 1 aromatic heterocycles. The summed E-state index contributed by atoms with van der Waals surface area (Å²) in [5.74, 6) is 1.71. The predicted octanol–water partition coefficient (Wildman–Crippen LogP) is 4.56. The van der Waals surface area contributed by atoms with Crippen molar-refractivity contribution in [3.05, 3.63) is 65.5 Å². The minimum absolute atomic E-state index is 0.258. The van der Waals surface area contributed by atoms with Gasteiger partial charge in [0.1, 0.15) is 5.75 Å². The topological polar surface area (TPSA) is 91.8 Å². The molecule has 32 heavy (non-hydrogen) atoms. The van der Waals surface area contributed by atoms with Crippen LogP contribution < -0.4 is 24.3 Å². The lowest BCUT2D eigenvalue weighted by atomic mass is 10.1. The van der Waals surface area contributed by atoms with Crippen LogP contribution in [0.15, 0.2) is 48.5 Å². The summed E-state index contributed by atoms with van der Waals surface area (Å²) < 4.78 is 21.7. The molecule has 0 unspecified atom stereocenters. The number of hydrogen-bond acceptors (Lipinski definition) is 7. The number of carbonyl (C=O) groups is 1. The first kappa shape index (κ1) is 22.6. The minimum atomic E-state index is -0.307. The second kappa shape index (κ2) is 10.3. The van der Waals surface area contributed by atoms with Crippen LogP contribution >= 0.6 is 0 Å². The van der Waals surface area contributed by atoms with E-state index < -0.39 is 0 Å². The normalized spacial score (nSPS) is 10.7. The third kappa shape index (κ3) is 5.75. The molecule has 0 bridgehead atoms. The first-order valence-corrected chi connectivity index (χ1v) is 9.81. The maximum atomic E-state index is 12.4. The molecule has 2 aromatic carbocycles. The van der Waals surface area contributed by atoms with E-state index in [4.69, 9.17) is 18.9 Å². The van der Waals surface area contributed by atoms with Crippen molar-refractivity contribution in [3.63, 3.8) is 0 Å². The number of nitrogens with one attached hydrogen (secondary N) is 1. The van der Waals surface area contributed by atoms with Crippen LogP contribution in [-0.4, -0.2) is 37.2 Å². The second-order valence-electron chi connectivity index (χ2n) is 6.84. The van der Waals surface area contributed by atoms with Gasteiger partial charge in [-0.2, -0.15) is 0 Å². The third-order valence-corrected chi connectivity index (χ3v) is 4.39. The average Bonchev–Trinajstić information content (AvgIpc) is 2.76. The molecular weight excluding hydrogens is 410 g/mol. The summed E-state index contributed by atoms with van der Waals surface area (Å²) >= 11 is 0. The number of hydrogen-bond donors (Lipinski definition) is 1. The number of benzene rings is 2. The van der Waals surface area contributed by atoms with Gasteiger partial charge in [-0.15, -0.1) is 0 Å². The highest BCUT2D eigenvalue weighted by Crippen LogP contribution is 2.38. The Hall–Kier alpha value is -4.07. The summed E-state index contributed by atoms with van der Waals surface area (Å²) in [7, 11) is 4.61. The molecular formula is C24H25N3O5. The van der Waals surface area contributed by atoms with Crippen molar-refractivity contribution in [1.29, 1.82) is 0 Å². The number of amides is 1. The van der Waals surface area contributed by atoms with Crippen LogP contribution in [0.1, 0.15) is 17.0 Å². The van der Waals surface area contributed by atoms with Crippen molar-refractivity contribution in [2.24, 2.45) is 0 Å². The van der Waals surface area contributed by atoms with Gasteiger partial charge in [-0.25, -0.2) is 9.97 Å². The average molecular weight is 435 g/mol. The largest absolute Gasteiger partial charge is 0.493 e. The van der Waals surface area contributed by atoms with Crippen molar-refractivity contribution >= 4 is 17.7 Å². The standard InChI is InChI=1S/C24H25N3O5/c1-15-11-16(2)26-24(25-15)32-19-8-6-7-18(14-19)27-22(28)10-9-17-12-20(29-3)23(31-5)21(13-17)30-4/h6-14H,1-5H3,(H,27,28)/b10-9+. The number of methoxy groups -OCH3 is 3. The molecule has 0 fully saturated rings. The summed E-state index contributed by atoms with van der Waals surface area (Å²) in [4.78, 5) is 21.0. The van der Waals surface area contributed by atoms with Crippen LogP contribution in [0.5, 0.6) is 29.0 Å². The SMILES string of the molecule is COc1cc(/C=C/C(=O)Nc2cccc(Oc3nc(C)cc(C)n3)c2)cc(OC)c1OC. The maximum absolute atomic E-state index is 12.4. The van der Waals surface area contributed by atoms with Gasteiger partial charge in [-0.05, 0) is 55.8 Å². The minimum Gasteiger partial charge on any atom is -0.493 e. The molecule has 8 heteroatoms. The molecule has 8 nitrogen and oxygen atoms in total. The molecule has 0 saturated heterocycles. The monoisotopic (exact) mass is 435 g/mol. The Balaban J connectivity index is 1.71. The number of anilines is 1. The Kier molecular flexibility index (Phi) is 7.28. The Bertz CT molecular complexity index is 1100. The van der Waals surface area contributed by atoms with Gasteiger partial charge in [0.15, 0.2) is 11.5 Å². The Labute approximate surface area is 186 Å². The number of nitrogens with zero attached hydrogens (tertiary/aromatic N) is 2. The zero-order valence-electron chi connectivity index (χ0n) is 18.6. The van der Waals surface area contributed by atoms with Crippen molar-refractivity contribution in [3.8, 4) is 29.0 Å². The molecule has 1 amide bonds. The lowest BCUT2D eigenvalue weighted by molar-refractivity contribution is -0.111. The van der Waals surface area contributed by atoms with Gasteiger partial charge in [0.05, 0.1) is 21.3 Å². The molecule has 0 saturated carbocycles. The summed E-state index contributed by atoms with van der Waals surface area (Å²) in [6, 6.07) is 12.6. The molecule has 1 heterocycles. The van der Waals surface area contributed by atoms with Crippen LogP contribution in [0.25, 0.3) is 6.08 Å². The Morgan fingerprint density at radius 3 is 2.16 bits per heavy atom. The molecule has 1 N–H and O–H groups in total. The van der Waals surface area contributed by atoms with E-state index in [1.54, 1.807) is 42.5 Å². The molecule has 0 aliphatic carbocycles. The molecule has 3 aromatic rings. The summed E-state index contributed by atoms with van der Waals surface area (Å²) in [6.45, 7) is 3.75. The van der Waals surface area contributed by atoms with E-state index in [-0.39, 0.29) is 11.9 Å². The van der Waals surface area contributed by atoms with Gasteiger partial charge in [0, 0.05) is 29.2 Å². The number of aromatic nitrogens is 2. The fourth-order valence-electron chi connectivity index (χ4n) is 3.04. The van der Waals surface area contributed by atoms with Crippen molar-refractivity contribution in [2.45, 2.75) is 13.8 Å². The first-order valence-electron chi connectivity index (χ1n) is 9.81. The summed E-state index contributed by atoms with van der Waals surface area (Å²) in [6.07, 6.45) is 3.07. The van der Waals surface area contributed by atoms with Crippen molar-refractivity contribution in [1.82, 2.24) is 9.97 Å². The lowest BCUT2D eigenvalue weighted by Crippen LogP contribution is -2.07. The molecule has 3 rings (SSSR count). The molecule has 0 aliphatic rings. The Morgan fingerprint density at radius 2 is 1.56 bits per heavy atom. The van der Waals surface area contributed by atoms with E-state index in [9.17, 15) is 4.79 Å². The third-order valence-electron chi connectivity index (χ3n) is 4.39. The quantitative estimate of drug-likeness (QED) is 0.519. The second-order valence-corrected chi connectivity index (χ2v) is 6.84. The number of rotatable bonds is 8. The van der Waals surface area contributed by atoms with Gasteiger partial charge in [-0.3, -0.25) is 4.79 Å². The van der Waals surface area contributed by atoms with Gasteiger partial charge in [-0.1, -0.05) is 6.07 Å². The highest BCUT2D eigenvalue weighted by atomic mass is 16.5. The zero-order chi connectivity index (χ0) is 23.1. The fraction of sp³-hybridized carbons (Fsp3) is 0.208. The van der Waals surface area contributed by atoms with E-state index in [0.29, 0.717) is 28.7 Å². The number of aryl methyl sites for hydroxylation is 2. The lowest BCUT2D eigenvalue weighted by Gasteiger charge is -2.12. The number of carbonyl (C=O) groups excluding carboxylic acids is 1.